The van der Waals surface area contributed by atoms with Crippen molar-refractivity contribution >= 4 is 33.9 Å². The number of nitrogens with zero attached hydrogens (tertiary/aromatic N) is 1. The van der Waals surface area contributed by atoms with Gasteiger partial charge in [0.1, 0.15) is 0 Å². The topological polar surface area (TPSA) is 38.9 Å². The second-order valence-corrected chi connectivity index (χ2v) is 6.53. The third-order valence-corrected chi connectivity index (χ3v) is 4.85. The van der Waals surface area contributed by atoms with Crippen LogP contribution in [0.4, 0.5) is 0 Å². The molecule has 2 nitrogen and oxygen atoms in total. The second-order valence-electron chi connectivity index (χ2n) is 4.08. The van der Waals surface area contributed by atoms with Crippen molar-refractivity contribution < 1.29 is 0 Å². The van der Waals surface area contributed by atoms with E-state index in [-0.39, 0.29) is 6.04 Å². The van der Waals surface area contributed by atoms with Gasteiger partial charge in [-0.3, -0.25) is 0 Å². The number of benzene rings is 1. The van der Waals surface area contributed by atoms with E-state index in [1.807, 2.05) is 19.1 Å². The molecule has 1 heterocycles. The molecule has 1 aromatic carbocycles. The Morgan fingerprint density at radius 1 is 1.35 bits per heavy atom. The summed E-state index contributed by atoms with van der Waals surface area (Å²) in [5.41, 5.74) is 8.58. The van der Waals surface area contributed by atoms with Crippen LogP contribution in [0.1, 0.15) is 27.2 Å². The predicted octanol–water partition coefficient (Wildman–Crippen LogP) is 3.61. The first-order valence-corrected chi connectivity index (χ1v) is 7.40. The lowest BCUT2D eigenvalue weighted by atomic mass is 10.1. The van der Waals surface area contributed by atoms with Crippen LogP contribution in [0, 0.1) is 17.4 Å². The van der Waals surface area contributed by atoms with Crippen molar-refractivity contribution in [1.29, 1.82) is 0 Å². The average molecular weight is 358 g/mol. The maximum absolute atomic E-state index is 6.25. The SMILES string of the molecule is Cc1nc(CC(N)c2ccccc2I)sc1C. The minimum Gasteiger partial charge on any atom is -0.324 e. The van der Waals surface area contributed by atoms with Crippen molar-refractivity contribution in [3.8, 4) is 0 Å². The monoisotopic (exact) mass is 358 g/mol. The van der Waals surface area contributed by atoms with E-state index in [0.717, 1.165) is 17.1 Å². The smallest absolute Gasteiger partial charge is 0.0949 e. The summed E-state index contributed by atoms with van der Waals surface area (Å²) in [5.74, 6) is 0. The molecule has 2 rings (SSSR count). The summed E-state index contributed by atoms with van der Waals surface area (Å²) in [6.07, 6.45) is 0.819. The maximum atomic E-state index is 6.25. The zero-order chi connectivity index (χ0) is 12.4. The highest BCUT2D eigenvalue weighted by Gasteiger charge is 2.13. The summed E-state index contributed by atoms with van der Waals surface area (Å²) >= 11 is 4.08. The van der Waals surface area contributed by atoms with Gasteiger partial charge in [0.2, 0.25) is 0 Å². The van der Waals surface area contributed by atoms with Gasteiger partial charge in [0.15, 0.2) is 0 Å². The number of hydrogen-bond donors (Lipinski definition) is 1. The largest absolute Gasteiger partial charge is 0.324 e. The fourth-order valence-electron chi connectivity index (χ4n) is 1.70. The number of hydrogen-bond acceptors (Lipinski definition) is 3. The van der Waals surface area contributed by atoms with Gasteiger partial charge in [0, 0.05) is 20.9 Å². The normalized spacial score (nSPS) is 12.7. The highest BCUT2D eigenvalue weighted by molar-refractivity contribution is 14.1. The van der Waals surface area contributed by atoms with Crippen LogP contribution in [0.25, 0.3) is 0 Å². The summed E-state index contributed by atoms with van der Waals surface area (Å²) in [6, 6.07) is 8.30. The number of thiazole rings is 1. The third-order valence-electron chi connectivity index (χ3n) is 2.77. The molecule has 0 bridgehead atoms. The van der Waals surface area contributed by atoms with Gasteiger partial charge in [-0.2, -0.15) is 0 Å². The Hall–Kier alpha value is -0.460. The molecule has 0 spiro atoms. The Kier molecular flexibility index (Phi) is 4.17. The van der Waals surface area contributed by atoms with Crippen LogP contribution < -0.4 is 5.73 Å². The first-order valence-electron chi connectivity index (χ1n) is 5.51. The van der Waals surface area contributed by atoms with Crippen LogP contribution in [0.15, 0.2) is 24.3 Å². The molecule has 2 aromatic rings. The van der Waals surface area contributed by atoms with Crippen molar-refractivity contribution in [3.05, 3.63) is 49.0 Å². The minimum atomic E-state index is 0.0352. The van der Waals surface area contributed by atoms with Gasteiger partial charge in [-0.05, 0) is 48.1 Å². The molecule has 1 atom stereocenters. The summed E-state index contributed by atoms with van der Waals surface area (Å²) < 4.78 is 1.22. The summed E-state index contributed by atoms with van der Waals surface area (Å²) in [5, 5.41) is 1.13. The van der Waals surface area contributed by atoms with Crippen molar-refractivity contribution in [2.45, 2.75) is 26.3 Å². The lowest BCUT2D eigenvalue weighted by Gasteiger charge is -2.12. The van der Waals surface area contributed by atoms with Crippen LogP contribution in [-0.2, 0) is 6.42 Å². The van der Waals surface area contributed by atoms with E-state index in [0.29, 0.717) is 0 Å². The molecule has 4 heteroatoms. The van der Waals surface area contributed by atoms with Gasteiger partial charge < -0.3 is 5.73 Å². The van der Waals surface area contributed by atoms with Crippen molar-refractivity contribution in [3.63, 3.8) is 0 Å². The van der Waals surface area contributed by atoms with Gasteiger partial charge in [-0.15, -0.1) is 11.3 Å². The number of nitrogens with two attached hydrogens (primary N) is 1. The maximum Gasteiger partial charge on any atom is 0.0949 e. The number of rotatable bonds is 3. The quantitative estimate of drug-likeness (QED) is 0.852. The van der Waals surface area contributed by atoms with Crippen molar-refractivity contribution in [1.82, 2.24) is 4.98 Å². The molecule has 0 saturated heterocycles. The Morgan fingerprint density at radius 3 is 2.65 bits per heavy atom. The summed E-state index contributed by atoms with van der Waals surface area (Å²) in [4.78, 5) is 5.83. The van der Waals surface area contributed by atoms with Crippen molar-refractivity contribution in [2.24, 2.45) is 5.73 Å². The van der Waals surface area contributed by atoms with E-state index < -0.39 is 0 Å². The molecule has 0 aliphatic rings. The minimum absolute atomic E-state index is 0.0352. The van der Waals surface area contributed by atoms with E-state index in [4.69, 9.17) is 5.73 Å². The molecule has 1 aromatic heterocycles. The number of aromatic nitrogens is 1. The lowest BCUT2D eigenvalue weighted by Crippen LogP contribution is -2.14. The van der Waals surface area contributed by atoms with Crippen LogP contribution in [0.2, 0.25) is 0 Å². The van der Waals surface area contributed by atoms with Gasteiger partial charge in [-0.1, -0.05) is 18.2 Å². The number of aryl methyl sites for hydroxylation is 2. The van der Waals surface area contributed by atoms with Gasteiger partial charge in [0.25, 0.3) is 0 Å². The molecule has 17 heavy (non-hydrogen) atoms. The first-order chi connectivity index (χ1) is 8.08. The Labute approximate surface area is 119 Å². The van der Waals surface area contributed by atoms with E-state index >= 15 is 0 Å². The first kappa shape index (κ1) is 13.0. The van der Waals surface area contributed by atoms with E-state index in [2.05, 4.69) is 46.6 Å². The second kappa shape index (κ2) is 5.46. The molecule has 0 saturated carbocycles. The van der Waals surface area contributed by atoms with Crippen LogP contribution in [0.5, 0.6) is 0 Å². The molecule has 0 aliphatic carbocycles. The van der Waals surface area contributed by atoms with Crippen LogP contribution in [-0.4, -0.2) is 4.98 Å². The van der Waals surface area contributed by atoms with Gasteiger partial charge in [-0.25, -0.2) is 4.98 Å². The molecule has 2 N–H and O–H groups in total. The lowest BCUT2D eigenvalue weighted by molar-refractivity contribution is 0.713. The Morgan fingerprint density at radius 2 is 2.06 bits per heavy atom. The molecule has 0 aliphatic heterocycles. The van der Waals surface area contributed by atoms with Gasteiger partial charge in [0.05, 0.1) is 10.7 Å². The standard InChI is InChI=1S/C13H15IN2S/c1-8-9(2)17-13(16-8)7-12(15)10-5-3-4-6-11(10)14/h3-6,12H,7,15H2,1-2H3. The van der Waals surface area contributed by atoms with E-state index in [9.17, 15) is 0 Å². The number of halogens is 1. The average Bonchev–Trinajstić information content (AvgIpc) is 2.58. The third kappa shape index (κ3) is 3.05. The Bertz CT molecular complexity index is 502. The van der Waals surface area contributed by atoms with E-state index in [1.165, 1.54) is 14.0 Å². The van der Waals surface area contributed by atoms with Gasteiger partial charge >= 0.3 is 0 Å². The van der Waals surface area contributed by atoms with Crippen LogP contribution >= 0.6 is 33.9 Å². The molecule has 0 amide bonds. The molecular formula is C13H15IN2S. The molecule has 0 radical (unpaired) electrons. The predicted molar refractivity (Wildman–Crippen MR) is 81.4 cm³/mol. The fraction of sp³-hybridized carbons (Fsp3) is 0.308. The van der Waals surface area contributed by atoms with E-state index in [1.54, 1.807) is 11.3 Å². The summed E-state index contributed by atoms with van der Waals surface area (Å²) in [7, 11) is 0. The zero-order valence-electron chi connectivity index (χ0n) is 9.90. The fourth-order valence-corrected chi connectivity index (χ4v) is 3.48. The highest BCUT2D eigenvalue weighted by atomic mass is 127. The molecule has 1 unspecified atom stereocenters. The molecular weight excluding hydrogens is 343 g/mol. The highest BCUT2D eigenvalue weighted by Crippen LogP contribution is 2.24. The zero-order valence-corrected chi connectivity index (χ0v) is 12.9. The summed E-state index contributed by atoms with van der Waals surface area (Å²) in [6.45, 7) is 4.15. The Balaban J connectivity index is 2.17. The molecule has 0 fully saturated rings. The molecule has 90 valence electrons. The van der Waals surface area contributed by atoms with Crippen molar-refractivity contribution in [2.75, 3.05) is 0 Å². The van der Waals surface area contributed by atoms with Crippen LogP contribution in [0.3, 0.4) is 0 Å².